The molecule has 7 heteroatoms. The molecular formula is C16H24N2O4S. The summed E-state index contributed by atoms with van der Waals surface area (Å²) in [5.74, 6) is 0. The molecule has 0 spiro atoms. The number of benzene rings is 1. The molecule has 0 bridgehead atoms. The first-order valence-electron chi connectivity index (χ1n) is 7.86. The van der Waals surface area contributed by atoms with Crippen molar-refractivity contribution in [1.29, 1.82) is 0 Å². The molecule has 6 nitrogen and oxygen atoms in total. The maximum Gasteiger partial charge on any atom is 0.269 e. The van der Waals surface area contributed by atoms with Crippen LogP contribution in [0.25, 0.3) is 0 Å². The standard InChI is InChI=1S/C16H24N2O4S/c1-2-3-4-5-6-7-8-9-14-17-23(21,22)16-12-10-15(11-13-16)18(19)20/h6-7,10-13,17H,2-5,8-9,14H2,1H3/b7-6-. The molecule has 1 aromatic carbocycles. The highest BCUT2D eigenvalue weighted by Gasteiger charge is 2.14. The van der Waals surface area contributed by atoms with Crippen LogP contribution < -0.4 is 4.72 Å². The fourth-order valence-corrected chi connectivity index (χ4v) is 3.08. The maximum absolute atomic E-state index is 12.0. The van der Waals surface area contributed by atoms with Crippen molar-refractivity contribution in [2.45, 2.75) is 50.3 Å². The number of non-ortho nitro benzene ring substituents is 1. The first-order valence-corrected chi connectivity index (χ1v) is 9.35. The van der Waals surface area contributed by atoms with Crippen molar-refractivity contribution in [3.63, 3.8) is 0 Å². The van der Waals surface area contributed by atoms with Crippen LogP contribution in [0.1, 0.15) is 45.4 Å². The number of nitro groups is 1. The second-order valence-corrected chi connectivity index (χ2v) is 7.03. The van der Waals surface area contributed by atoms with E-state index in [4.69, 9.17) is 0 Å². The van der Waals surface area contributed by atoms with Crippen LogP contribution in [0, 0.1) is 10.1 Å². The molecule has 0 aliphatic rings. The Morgan fingerprint density at radius 1 is 1.09 bits per heavy atom. The number of hydrogen-bond donors (Lipinski definition) is 1. The first-order chi connectivity index (χ1) is 11.0. The largest absolute Gasteiger partial charge is 0.269 e. The molecule has 0 amide bonds. The highest BCUT2D eigenvalue weighted by atomic mass is 32.2. The third-order valence-electron chi connectivity index (χ3n) is 3.34. The Bertz CT molecular complexity index is 609. The summed E-state index contributed by atoms with van der Waals surface area (Å²) in [5, 5.41) is 10.6. The molecular weight excluding hydrogens is 316 g/mol. The summed E-state index contributed by atoms with van der Waals surface area (Å²) in [6, 6.07) is 4.86. The van der Waals surface area contributed by atoms with Crippen molar-refractivity contribution >= 4 is 15.7 Å². The van der Waals surface area contributed by atoms with Crippen LogP contribution in [0.4, 0.5) is 5.69 Å². The molecule has 1 aromatic rings. The third kappa shape index (κ3) is 7.38. The van der Waals surface area contributed by atoms with Gasteiger partial charge in [-0.25, -0.2) is 13.1 Å². The molecule has 0 radical (unpaired) electrons. The van der Waals surface area contributed by atoms with Gasteiger partial charge in [0.2, 0.25) is 10.0 Å². The van der Waals surface area contributed by atoms with Crippen molar-refractivity contribution in [3.8, 4) is 0 Å². The fourth-order valence-electron chi connectivity index (χ4n) is 2.00. The van der Waals surface area contributed by atoms with E-state index >= 15 is 0 Å². The molecule has 0 unspecified atom stereocenters. The summed E-state index contributed by atoms with van der Waals surface area (Å²) in [6.45, 7) is 2.51. The lowest BCUT2D eigenvalue weighted by Gasteiger charge is -2.05. The predicted octanol–water partition coefficient (Wildman–Crippen LogP) is 3.79. The first kappa shape index (κ1) is 19.3. The predicted molar refractivity (Wildman–Crippen MR) is 90.8 cm³/mol. The molecule has 0 aromatic heterocycles. The van der Waals surface area contributed by atoms with Crippen LogP contribution in [0.5, 0.6) is 0 Å². The molecule has 0 atom stereocenters. The normalized spacial score (nSPS) is 11.9. The summed E-state index contributed by atoms with van der Waals surface area (Å²) >= 11 is 0. The number of sulfonamides is 1. The molecule has 0 heterocycles. The Morgan fingerprint density at radius 2 is 1.70 bits per heavy atom. The summed E-state index contributed by atoms with van der Waals surface area (Å²) in [4.78, 5) is 10.0. The smallest absolute Gasteiger partial charge is 0.258 e. The highest BCUT2D eigenvalue weighted by molar-refractivity contribution is 7.89. The molecule has 0 fully saturated rings. The summed E-state index contributed by atoms with van der Waals surface area (Å²) in [5.41, 5.74) is -0.128. The summed E-state index contributed by atoms with van der Waals surface area (Å²) in [7, 11) is -3.60. The van der Waals surface area contributed by atoms with E-state index in [9.17, 15) is 18.5 Å². The van der Waals surface area contributed by atoms with E-state index in [1.165, 1.54) is 43.5 Å². The van der Waals surface area contributed by atoms with Crippen molar-refractivity contribution < 1.29 is 13.3 Å². The van der Waals surface area contributed by atoms with E-state index in [-0.39, 0.29) is 10.6 Å². The average molecular weight is 340 g/mol. The number of rotatable bonds is 11. The lowest BCUT2D eigenvalue weighted by atomic mass is 10.2. The summed E-state index contributed by atoms with van der Waals surface area (Å²) in [6.07, 6.45) is 10.5. The van der Waals surface area contributed by atoms with Gasteiger partial charge in [0, 0.05) is 18.7 Å². The monoisotopic (exact) mass is 340 g/mol. The minimum atomic E-state index is -3.60. The molecule has 0 saturated carbocycles. The third-order valence-corrected chi connectivity index (χ3v) is 4.82. The number of nitro benzene ring substituents is 1. The Balaban J connectivity index is 2.34. The topological polar surface area (TPSA) is 89.3 Å². The van der Waals surface area contributed by atoms with Gasteiger partial charge in [-0.05, 0) is 37.8 Å². The fraction of sp³-hybridized carbons (Fsp3) is 0.500. The minimum Gasteiger partial charge on any atom is -0.258 e. The Kier molecular flexibility index (Phi) is 8.50. The number of allylic oxidation sites excluding steroid dienone is 2. The van der Waals surface area contributed by atoms with Gasteiger partial charge in [0.25, 0.3) is 5.69 Å². The lowest BCUT2D eigenvalue weighted by molar-refractivity contribution is -0.384. The SMILES string of the molecule is CCCCC/C=C\CCCNS(=O)(=O)c1ccc([N+](=O)[O-])cc1. The van der Waals surface area contributed by atoms with Gasteiger partial charge in [-0.3, -0.25) is 10.1 Å². The van der Waals surface area contributed by atoms with E-state index in [0.717, 1.165) is 19.3 Å². The minimum absolute atomic E-state index is 0.0400. The second-order valence-electron chi connectivity index (χ2n) is 5.26. The van der Waals surface area contributed by atoms with Gasteiger partial charge in [-0.1, -0.05) is 31.9 Å². The number of hydrogen-bond acceptors (Lipinski definition) is 4. The lowest BCUT2D eigenvalue weighted by Crippen LogP contribution is -2.24. The van der Waals surface area contributed by atoms with Gasteiger partial charge in [0.1, 0.15) is 0 Å². The van der Waals surface area contributed by atoms with Gasteiger partial charge in [0.15, 0.2) is 0 Å². The zero-order valence-electron chi connectivity index (χ0n) is 13.4. The molecule has 23 heavy (non-hydrogen) atoms. The number of nitrogens with one attached hydrogen (secondary N) is 1. The second kappa shape index (κ2) is 10.1. The van der Waals surface area contributed by atoms with Gasteiger partial charge in [-0.15, -0.1) is 0 Å². The van der Waals surface area contributed by atoms with Crippen LogP contribution >= 0.6 is 0 Å². The van der Waals surface area contributed by atoms with E-state index in [2.05, 4.69) is 23.8 Å². The van der Waals surface area contributed by atoms with Crippen molar-refractivity contribution in [2.24, 2.45) is 0 Å². The zero-order chi connectivity index (χ0) is 17.1. The van der Waals surface area contributed by atoms with Crippen molar-refractivity contribution in [3.05, 3.63) is 46.5 Å². The van der Waals surface area contributed by atoms with Crippen molar-refractivity contribution in [1.82, 2.24) is 4.72 Å². The average Bonchev–Trinajstić information content (AvgIpc) is 2.53. The Hall–Kier alpha value is -1.73. The van der Waals surface area contributed by atoms with Crippen LogP contribution in [0.2, 0.25) is 0 Å². The zero-order valence-corrected chi connectivity index (χ0v) is 14.2. The van der Waals surface area contributed by atoms with Crippen LogP contribution in [-0.4, -0.2) is 19.9 Å². The molecule has 128 valence electrons. The van der Waals surface area contributed by atoms with Gasteiger partial charge in [0.05, 0.1) is 9.82 Å². The van der Waals surface area contributed by atoms with Crippen molar-refractivity contribution in [2.75, 3.05) is 6.54 Å². The van der Waals surface area contributed by atoms with Crippen LogP contribution in [0.3, 0.4) is 0 Å². The van der Waals surface area contributed by atoms with E-state index in [1.807, 2.05) is 0 Å². The Labute approximate surface area is 137 Å². The number of unbranched alkanes of at least 4 members (excludes halogenated alkanes) is 4. The quantitative estimate of drug-likeness (QED) is 0.287. The van der Waals surface area contributed by atoms with Gasteiger partial charge in [-0.2, -0.15) is 0 Å². The van der Waals surface area contributed by atoms with Gasteiger partial charge < -0.3 is 0 Å². The number of nitrogens with zero attached hydrogens (tertiary/aromatic N) is 1. The van der Waals surface area contributed by atoms with Crippen LogP contribution in [0.15, 0.2) is 41.3 Å². The van der Waals surface area contributed by atoms with E-state index in [1.54, 1.807) is 0 Å². The maximum atomic E-state index is 12.0. The molecule has 0 aliphatic carbocycles. The summed E-state index contributed by atoms with van der Waals surface area (Å²) < 4.78 is 26.5. The van der Waals surface area contributed by atoms with Gasteiger partial charge >= 0.3 is 0 Å². The Morgan fingerprint density at radius 3 is 2.26 bits per heavy atom. The molecule has 1 N–H and O–H groups in total. The molecule has 0 saturated heterocycles. The van der Waals surface area contributed by atoms with E-state index < -0.39 is 14.9 Å². The molecule has 1 rings (SSSR count). The van der Waals surface area contributed by atoms with E-state index in [0.29, 0.717) is 6.54 Å². The van der Waals surface area contributed by atoms with Crippen LogP contribution in [-0.2, 0) is 10.0 Å². The highest BCUT2D eigenvalue weighted by Crippen LogP contribution is 2.15. The molecule has 0 aliphatic heterocycles.